The van der Waals surface area contributed by atoms with E-state index >= 15 is 0 Å². The van der Waals surface area contributed by atoms with Gasteiger partial charge in [-0.25, -0.2) is 0 Å². The molecule has 1 heterocycles. The second-order valence-electron chi connectivity index (χ2n) is 5.66. The van der Waals surface area contributed by atoms with Crippen molar-refractivity contribution in [2.45, 2.75) is 77.7 Å². The molecule has 0 bridgehead atoms. The quantitative estimate of drug-likeness (QED) is 0.523. The Morgan fingerprint density at radius 3 is 2.25 bits per heavy atom. The van der Waals surface area contributed by atoms with E-state index < -0.39 is 0 Å². The van der Waals surface area contributed by atoms with E-state index in [1.165, 1.54) is 64.3 Å². The van der Waals surface area contributed by atoms with Crippen LogP contribution >= 0.6 is 0 Å². The molecule has 0 N–H and O–H groups in total. The second-order valence-corrected chi connectivity index (χ2v) is 5.66. The third kappa shape index (κ3) is 4.86. The van der Waals surface area contributed by atoms with Crippen molar-refractivity contribution in [2.24, 2.45) is 5.92 Å². The topological polar surface area (TPSA) is 3.24 Å². The Balaban J connectivity index is 2.19. The number of rotatable bonds is 9. The fraction of sp³-hybridized carbons (Fsp3) is 1.00. The zero-order valence-electron chi connectivity index (χ0n) is 11.7. The van der Waals surface area contributed by atoms with Gasteiger partial charge >= 0.3 is 0 Å². The van der Waals surface area contributed by atoms with E-state index in [-0.39, 0.29) is 0 Å². The molecule has 1 rings (SSSR count). The molecule has 1 nitrogen and oxygen atoms in total. The van der Waals surface area contributed by atoms with Gasteiger partial charge in [0.2, 0.25) is 0 Å². The first-order chi connectivity index (χ1) is 7.77. The summed E-state index contributed by atoms with van der Waals surface area (Å²) in [5.74, 6) is 1.01. The van der Waals surface area contributed by atoms with Gasteiger partial charge in [-0.3, -0.25) is 0 Å². The van der Waals surface area contributed by atoms with Crippen molar-refractivity contribution in [1.82, 2.24) is 4.90 Å². The highest BCUT2D eigenvalue weighted by Crippen LogP contribution is 2.28. The van der Waals surface area contributed by atoms with E-state index in [0.29, 0.717) is 0 Å². The summed E-state index contributed by atoms with van der Waals surface area (Å²) >= 11 is 0. The maximum Gasteiger partial charge on any atom is 0.0107 e. The fourth-order valence-corrected chi connectivity index (χ4v) is 2.81. The van der Waals surface area contributed by atoms with E-state index in [1.807, 2.05) is 0 Å². The van der Waals surface area contributed by atoms with Gasteiger partial charge in [0.05, 0.1) is 0 Å². The lowest BCUT2D eigenvalue weighted by atomic mass is 9.85. The number of hydrogen-bond acceptors (Lipinski definition) is 1. The maximum absolute atomic E-state index is 2.54. The van der Waals surface area contributed by atoms with Gasteiger partial charge < -0.3 is 4.90 Å². The Morgan fingerprint density at radius 1 is 1.06 bits per heavy atom. The average Bonchev–Trinajstić information content (AvgIpc) is 2.30. The Labute approximate surface area is 103 Å². The molecule has 1 saturated heterocycles. The summed E-state index contributed by atoms with van der Waals surface area (Å²) in [5.41, 5.74) is 0. The molecule has 16 heavy (non-hydrogen) atoms. The van der Waals surface area contributed by atoms with Gasteiger partial charge in [-0.1, -0.05) is 58.8 Å². The van der Waals surface area contributed by atoms with Crippen LogP contribution in [0.3, 0.4) is 0 Å². The number of likely N-dealkylation sites (tertiary alicyclic amines) is 1. The van der Waals surface area contributed by atoms with Crippen molar-refractivity contribution in [2.75, 3.05) is 13.6 Å². The Bertz CT molecular complexity index is 167. The van der Waals surface area contributed by atoms with Crippen LogP contribution in [0.1, 0.15) is 71.6 Å². The van der Waals surface area contributed by atoms with Crippen LogP contribution in [0.2, 0.25) is 0 Å². The monoisotopic (exact) mass is 225 g/mol. The molecule has 1 fully saturated rings. The molecule has 96 valence electrons. The summed E-state index contributed by atoms with van der Waals surface area (Å²) in [6, 6.07) is 0.920. The van der Waals surface area contributed by atoms with Gasteiger partial charge in [-0.15, -0.1) is 0 Å². The number of unbranched alkanes of at least 4 members (excludes halogenated alkanes) is 3. The van der Waals surface area contributed by atoms with Gasteiger partial charge in [0.1, 0.15) is 0 Å². The molecule has 2 atom stereocenters. The highest BCUT2D eigenvalue weighted by molar-refractivity contribution is 4.82. The smallest absolute Gasteiger partial charge is 0.0107 e. The highest BCUT2D eigenvalue weighted by atomic mass is 15.2. The van der Waals surface area contributed by atoms with E-state index in [1.54, 1.807) is 0 Å². The first-order valence-corrected chi connectivity index (χ1v) is 7.48. The van der Waals surface area contributed by atoms with Gasteiger partial charge in [0.25, 0.3) is 0 Å². The molecule has 0 aliphatic carbocycles. The zero-order valence-corrected chi connectivity index (χ0v) is 11.7. The summed E-state index contributed by atoms with van der Waals surface area (Å²) in [6.07, 6.45) is 12.9. The highest BCUT2D eigenvalue weighted by Gasteiger charge is 2.26. The SMILES string of the molecule is CCCCCC(CCCC)C[C@H]1CCN1C. The molecule has 0 aromatic rings. The van der Waals surface area contributed by atoms with Crippen LogP contribution in [0.15, 0.2) is 0 Å². The van der Waals surface area contributed by atoms with Crippen molar-refractivity contribution in [3.63, 3.8) is 0 Å². The van der Waals surface area contributed by atoms with Gasteiger partial charge in [0, 0.05) is 6.04 Å². The molecular formula is C15H31N. The van der Waals surface area contributed by atoms with Crippen molar-refractivity contribution in [1.29, 1.82) is 0 Å². The van der Waals surface area contributed by atoms with Crippen molar-refractivity contribution in [3.05, 3.63) is 0 Å². The lowest BCUT2D eigenvalue weighted by Crippen LogP contribution is -2.45. The van der Waals surface area contributed by atoms with Crippen molar-refractivity contribution < 1.29 is 0 Å². The first-order valence-electron chi connectivity index (χ1n) is 7.48. The molecule has 0 aromatic carbocycles. The van der Waals surface area contributed by atoms with E-state index in [4.69, 9.17) is 0 Å². The Hall–Kier alpha value is -0.0400. The minimum absolute atomic E-state index is 0.920. The third-order valence-electron chi connectivity index (χ3n) is 4.23. The fourth-order valence-electron chi connectivity index (χ4n) is 2.81. The van der Waals surface area contributed by atoms with Crippen LogP contribution in [0.5, 0.6) is 0 Å². The van der Waals surface area contributed by atoms with Gasteiger partial charge in [0.15, 0.2) is 0 Å². The predicted octanol–water partition coefficient (Wildman–Crippen LogP) is 4.47. The van der Waals surface area contributed by atoms with Crippen LogP contribution in [0.25, 0.3) is 0 Å². The molecule has 0 spiro atoms. The summed E-state index contributed by atoms with van der Waals surface area (Å²) in [6.45, 7) is 5.96. The molecule has 0 aromatic heterocycles. The van der Waals surface area contributed by atoms with E-state index in [9.17, 15) is 0 Å². The predicted molar refractivity (Wildman–Crippen MR) is 72.8 cm³/mol. The van der Waals surface area contributed by atoms with Crippen LogP contribution in [-0.2, 0) is 0 Å². The molecule has 0 saturated carbocycles. The molecule has 0 radical (unpaired) electrons. The van der Waals surface area contributed by atoms with Crippen LogP contribution in [-0.4, -0.2) is 24.5 Å². The van der Waals surface area contributed by atoms with Crippen molar-refractivity contribution >= 4 is 0 Å². The van der Waals surface area contributed by atoms with Gasteiger partial charge in [-0.2, -0.15) is 0 Å². The van der Waals surface area contributed by atoms with Crippen LogP contribution in [0.4, 0.5) is 0 Å². The van der Waals surface area contributed by atoms with Crippen molar-refractivity contribution in [3.8, 4) is 0 Å². The largest absolute Gasteiger partial charge is 0.303 e. The lowest BCUT2D eigenvalue weighted by Gasteiger charge is -2.40. The summed E-state index contributed by atoms with van der Waals surface area (Å²) in [7, 11) is 2.29. The van der Waals surface area contributed by atoms with E-state index in [2.05, 4.69) is 25.8 Å². The Kier molecular flexibility index (Phi) is 7.11. The minimum atomic E-state index is 0.920. The lowest BCUT2D eigenvalue weighted by molar-refractivity contribution is 0.0971. The summed E-state index contributed by atoms with van der Waals surface area (Å²) < 4.78 is 0. The maximum atomic E-state index is 2.54. The normalized spacial score (nSPS) is 23.1. The summed E-state index contributed by atoms with van der Waals surface area (Å²) in [4.78, 5) is 2.54. The molecule has 1 aliphatic rings. The summed E-state index contributed by atoms with van der Waals surface area (Å²) in [5, 5.41) is 0. The standard InChI is InChI=1S/C15H31N/c1-4-6-8-10-14(9-7-5-2)13-15-11-12-16(15)3/h14-15H,4-13H2,1-3H3/t14?,15-/m1/s1. The first kappa shape index (κ1) is 14.0. The molecule has 0 amide bonds. The van der Waals surface area contributed by atoms with Crippen LogP contribution in [0, 0.1) is 5.92 Å². The average molecular weight is 225 g/mol. The van der Waals surface area contributed by atoms with Crippen LogP contribution < -0.4 is 0 Å². The third-order valence-corrected chi connectivity index (χ3v) is 4.23. The zero-order chi connectivity index (χ0) is 11.8. The number of nitrogens with zero attached hydrogens (tertiary/aromatic N) is 1. The number of hydrogen-bond donors (Lipinski definition) is 0. The van der Waals surface area contributed by atoms with E-state index in [0.717, 1.165) is 12.0 Å². The Morgan fingerprint density at radius 2 is 1.75 bits per heavy atom. The molecular weight excluding hydrogens is 194 g/mol. The molecule has 1 unspecified atom stereocenters. The second kappa shape index (κ2) is 8.11. The molecule has 1 aliphatic heterocycles. The molecule has 1 heteroatoms. The van der Waals surface area contributed by atoms with Gasteiger partial charge in [-0.05, 0) is 32.4 Å². The minimum Gasteiger partial charge on any atom is -0.303 e.